The van der Waals surface area contributed by atoms with E-state index in [-0.39, 0.29) is 16.1 Å². The summed E-state index contributed by atoms with van der Waals surface area (Å²) < 4.78 is 24.0. The van der Waals surface area contributed by atoms with Crippen LogP contribution in [0, 0.1) is 0 Å². The predicted octanol–water partition coefficient (Wildman–Crippen LogP) is 3.52. The van der Waals surface area contributed by atoms with E-state index in [0.29, 0.717) is 18.2 Å². The molecule has 0 spiro atoms. The number of rotatable bonds is 4. The second-order valence-electron chi connectivity index (χ2n) is 7.72. The number of hydrogen-bond acceptors (Lipinski definition) is 4. The molecule has 0 atom stereocenters. The van der Waals surface area contributed by atoms with Gasteiger partial charge in [0.25, 0.3) is 0 Å². The Kier molecular flexibility index (Phi) is 5.41. The van der Waals surface area contributed by atoms with Gasteiger partial charge in [-0.2, -0.15) is 0 Å². The molecule has 2 N–H and O–H groups in total. The quantitative estimate of drug-likeness (QED) is 0.881. The monoisotopic (exact) mass is 339 g/mol. The molecule has 0 heterocycles. The van der Waals surface area contributed by atoms with Crippen molar-refractivity contribution in [3.8, 4) is 5.75 Å². The molecule has 1 aromatic carbocycles. The Balaban J connectivity index is 2.33. The van der Waals surface area contributed by atoms with E-state index in [1.165, 1.54) is 19.3 Å². The smallest absolute Gasteiger partial charge is 0.179 e. The SMILES string of the molecule is CC(C)(C)c1cc(CNC2CCCCC2)c(O)c(S(C)(=O)=O)c1. The molecule has 1 aliphatic carbocycles. The normalized spacial score (nSPS) is 17.4. The number of phenolic OH excluding ortho intramolecular Hbond substituents is 1. The molecular weight excluding hydrogens is 310 g/mol. The van der Waals surface area contributed by atoms with Crippen molar-refractivity contribution in [2.75, 3.05) is 6.26 Å². The van der Waals surface area contributed by atoms with E-state index < -0.39 is 9.84 Å². The highest BCUT2D eigenvalue weighted by Crippen LogP contribution is 2.34. The molecule has 1 fully saturated rings. The van der Waals surface area contributed by atoms with Crippen LogP contribution in [-0.2, 0) is 21.8 Å². The lowest BCUT2D eigenvalue weighted by atomic mass is 9.86. The summed E-state index contributed by atoms with van der Waals surface area (Å²) in [6.45, 7) is 6.64. The largest absolute Gasteiger partial charge is 0.506 e. The van der Waals surface area contributed by atoms with Gasteiger partial charge in [0.2, 0.25) is 0 Å². The number of benzene rings is 1. The van der Waals surface area contributed by atoms with Crippen LogP contribution in [0.1, 0.15) is 64.0 Å². The van der Waals surface area contributed by atoms with Crippen LogP contribution < -0.4 is 5.32 Å². The maximum absolute atomic E-state index is 12.0. The fourth-order valence-corrected chi connectivity index (χ4v) is 3.90. The van der Waals surface area contributed by atoms with Gasteiger partial charge in [-0.15, -0.1) is 0 Å². The van der Waals surface area contributed by atoms with E-state index in [1.54, 1.807) is 6.07 Å². The minimum Gasteiger partial charge on any atom is -0.506 e. The lowest BCUT2D eigenvalue weighted by Gasteiger charge is -2.25. The van der Waals surface area contributed by atoms with Crippen LogP contribution in [0.15, 0.2) is 17.0 Å². The fraction of sp³-hybridized carbons (Fsp3) is 0.667. The molecule has 0 saturated heterocycles. The van der Waals surface area contributed by atoms with Gasteiger partial charge in [0.1, 0.15) is 10.6 Å². The van der Waals surface area contributed by atoms with Gasteiger partial charge in [-0.25, -0.2) is 8.42 Å². The van der Waals surface area contributed by atoms with Gasteiger partial charge in [0.05, 0.1) is 0 Å². The summed E-state index contributed by atoms with van der Waals surface area (Å²) in [5.41, 5.74) is 1.42. The van der Waals surface area contributed by atoms with Crippen LogP contribution in [0.2, 0.25) is 0 Å². The topological polar surface area (TPSA) is 66.4 Å². The minimum absolute atomic E-state index is 0.0327. The van der Waals surface area contributed by atoms with Gasteiger partial charge in [-0.05, 0) is 29.9 Å². The summed E-state index contributed by atoms with van der Waals surface area (Å²) in [6.07, 6.45) is 7.21. The molecule has 5 heteroatoms. The van der Waals surface area contributed by atoms with Crippen LogP contribution >= 0.6 is 0 Å². The van der Waals surface area contributed by atoms with Gasteiger partial charge in [0.15, 0.2) is 9.84 Å². The first-order valence-electron chi connectivity index (χ1n) is 8.39. The maximum Gasteiger partial charge on any atom is 0.179 e. The molecule has 0 radical (unpaired) electrons. The third-order valence-electron chi connectivity index (χ3n) is 4.61. The van der Waals surface area contributed by atoms with Crippen LogP contribution in [-0.4, -0.2) is 25.8 Å². The van der Waals surface area contributed by atoms with Gasteiger partial charge < -0.3 is 10.4 Å². The zero-order chi connectivity index (χ0) is 17.3. The van der Waals surface area contributed by atoms with Crippen molar-refractivity contribution in [2.45, 2.75) is 75.8 Å². The average molecular weight is 340 g/mol. The molecular formula is C18H29NO3S. The molecule has 0 unspecified atom stereocenters. The molecule has 2 rings (SSSR count). The van der Waals surface area contributed by atoms with E-state index >= 15 is 0 Å². The summed E-state index contributed by atoms with van der Waals surface area (Å²) in [5.74, 6) is -0.108. The van der Waals surface area contributed by atoms with Crippen molar-refractivity contribution in [2.24, 2.45) is 0 Å². The Morgan fingerprint density at radius 3 is 2.30 bits per heavy atom. The van der Waals surface area contributed by atoms with Crippen molar-refractivity contribution >= 4 is 9.84 Å². The first-order valence-corrected chi connectivity index (χ1v) is 10.3. The summed E-state index contributed by atoms with van der Waals surface area (Å²) in [6, 6.07) is 4.00. The van der Waals surface area contributed by atoms with Crippen molar-refractivity contribution in [3.63, 3.8) is 0 Å². The van der Waals surface area contributed by atoms with Crippen LogP contribution in [0.3, 0.4) is 0 Å². The maximum atomic E-state index is 12.0. The molecule has 1 aromatic rings. The van der Waals surface area contributed by atoms with Crippen molar-refractivity contribution in [1.29, 1.82) is 0 Å². The Bertz CT molecular complexity index is 654. The minimum atomic E-state index is -3.46. The highest BCUT2D eigenvalue weighted by molar-refractivity contribution is 7.90. The average Bonchev–Trinajstić information content (AvgIpc) is 2.44. The third-order valence-corrected chi connectivity index (χ3v) is 5.72. The van der Waals surface area contributed by atoms with E-state index in [9.17, 15) is 13.5 Å². The highest BCUT2D eigenvalue weighted by Gasteiger charge is 2.23. The zero-order valence-electron chi connectivity index (χ0n) is 14.6. The third kappa shape index (κ3) is 4.70. The van der Waals surface area contributed by atoms with Gasteiger partial charge in [0, 0.05) is 24.4 Å². The molecule has 1 aliphatic rings. The van der Waals surface area contributed by atoms with Crippen LogP contribution in [0.5, 0.6) is 5.75 Å². The second-order valence-corrected chi connectivity index (χ2v) is 9.70. The number of nitrogens with one attached hydrogen (secondary N) is 1. The Hall–Kier alpha value is -1.07. The highest BCUT2D eigenvalue weighted by atomic mass is 32.2. The predicted molar refractivity (Wildman–Crippen MR) is 93.6 cm³/mol. The molecule has 0 aromatic heterocycles. The van der Waals surface area contributed by atoms with Crippen molar-refractivity contribution < 1.29 is 13.5 Å². The Morgan fingerprint density at radius 2 is 1.78 bits per heavy atom. The van der Waals surface area contributed by atoms with Gasteiger partial charge >= 0.3 is 0 Å². The molecule has 0 bridgehead atoms. The van der Waals surface area contributed by atoms with Crippen molar-refractivity contribution in [1.82, 2.24) is 5.32 Å². The van der Waals surface area contributed by atoms with Crippen LogP contribution in [0.4, 0.5) is 0 Å². The summed E-state index contributed by atoms with van der Waals surface area (Å²) in [5, 5.41) is 13.9. The Labute approximate surface area is 140 Å². The number of sulfone groups is 1. The molecule has 23 heavy (non-hydrogen) atoms. The van der Waals surface area contributed by atoms with E-state index in [1.807, 2.05) is 26.8 Å². The van der Waals surface area contributed by atoms with E-state index in [0.717, 1.165) is 24.7 Å². The number of aromatic hydroxyl groups is 1. The molecule has 130 valence electrons. The molecule has 4 nitrogen and oxygen atoms in total. The lowest BCUT2D eigenvalue weighted by Crippen LogP contribution is -2.30. The molecule has 0 aliphatic heterocycles. The summed E-state index contributed by atoms with van der Waals surface area (Å²) >= 11 is 0. The summed E-state index contributed by atoms with van der Waals surface area (Å²) in [4.78, 5) is 0.0327. The van der Waals surface area contributed by atoms with Crippen LogP contribution in [0.25, 0.3) is 0 Å². The molecule has 1 saturated carbocycles. The lowest BCUT2D eigenvalue weighted by molar-refractivity contribution is 0.367. The van der Waals surface area contributed by atoms with E-state index in [4.69, 9.17) is 0 Å². The Morgan fingerprint density at radius 1 is 1.17 bits per heavy atom. The van der Waals surface area contributed by atoms with Crippen molar-refractivity contribution in [3.05, 3.63) is 23.3 Å². The molecule has 0 amide bonds. The number of phenols is 1. The fourth-order valence-electron chi connectivity index (χ4n) is 3.08. The second kappa shape index (κ2) is 6.81. The van der Waals surface area contributed by atoms with E-state index in [2.05, 4.69) is 5.32 Å². The first kappa shape index (κ1) is 18.3. The standard InChI is InChI=1S/C18H29NO3S/c1-18(2,3)14-10-13(12-19-15-8-6-5-7-9-15)17(20)16(11-14)23(4,21)22/h10-11,15,19-20H,5-9,12H2,1-4H3. The summed E-state index contributed by atoms with van der Waals surface area (Å²) in [7, 11) is -3.46. The van der Waals surface area contributed by atoms with Gasteiger partial charge in [-0.3, -0.25) is 0 Å². The number of hydrogen-bond donors (Lipinski definition) is 2. The first-order chi connectivity index (χ1) is 10.6. The van der Waals surface area contributed by atoms with Gasteiger partial charge in [-0.1, -0.05) is 46.1 Å². The zero-order valence-corrected chi connectivity index (χ0v) is 15.5.